The van der Waals surface area contributed by atoms with E-state index in [4.69, 9.17) is 0 Å². The van der Waals surface area contributed by atoms with E-state index in [-0.39, 0.29) is 5.41 Å². The average Bonchev–Trinajstić information content (AvgIpc) is 2.60. The lowest BCUT2D eigenvalue weighted by Crippen LogP contribution is -2.32. The van der Waals surface area contributed by atoms with E-state index in [1.54, 1.807) is 0 Å². The minimum absolute atomic E-state index is 0.239. The summed E-state index contributed by atoms with van der Waals surface area (Å²) in [6.07, 6.45) is 8.23. The van der Waals surface area contributed by atoms with Gasteiger partial charge >= 0.3 is 0 Å². The summed E-state index contributed by atoms with van der Waals surface area (Å²) in [4.78, 5) is 0. The Morgan fingerprint density at radius 1 is 1.00 bits per heavy atom. The minimum Gasteiger partial charge on any atom is -0.201 e. The normalized spacial score (nSPS) is 11.7. The molecule has 0 aliphatic carbocycles. The first-order valence-electron chi connectivity index (χ1n) is 9.14. The Morgan fingerprint density at radius 2 is 1.70 bits per heavy atom. The number of rotatable bonds is 7. The van der Waals surface area contributed by atoms with Crippen molar-refractivity contribution >= 4 is 0 Å². The minimum atomic E-state index is 0.239. The molecule has 0 aliphatic heterocycles. The van der Waals surface area contributed by atoms with Crippen LogP contribution in [0.4, 0.5) is 0 Å². The molecule has 0 saturated heterocycles. The fourth-order valence-corrected chi connectivity index (χ4v) is 3.28. The third-order valence-electron chi connectivity index (χ3n) is 5.45. The molecular formula is C22H32N+. The van der Waals surface area contributed by atoms with Crippen molar-refractivity contribution in [3.63, 3.8) is 0 Å². The molecule has 1 aromatic heterocycles. The number of nitrogens with zero attached hydrogens (tertiary/aromatic N) is 1. The van der Waals surface area contributed by atoms with Gasteiger partial charge in [0.15, 0.2) is 6.20 Å². The van der Waals surface area contributed by atoms with E-state index in [1.165, 1.54) is 54.5 Å². The topological polar surface area (TPSA) is 3.88 Å². The van der Waals surface area contributed by atoms with Gasteiger partial charge in [-0.1, -0.05) is 52.3 Å². The highest BCUT2D eigenvalue weighted by Gasteiger charge is 2.27. The maximum Gasteiger partial charge on any atom is 0.212 e. The Morgan fingerprint density at radius 3 is 2.35 bits per heavy atom. The summed E-state index contributed by atoms with van der Waals surface area (Å²) in [7, 11) is 2.16. The van der Waals surface area contributed by atoms with E-state index in [0.717, 1.165) is 0 Å². The zero-order valence-electron chi connectivity index (χ0n) is 15.5. The highest BCUT2D eigenvalue weighted by Crippen LogP contribution is 2.37. The Hall–Kier alpha value is -1.63. The zero-order valence-corrected chi connectivity index (χ0v) is 15.5. The molecule has 1 aromatic carbocycles. The van der Waals surface area contributed by atoms with Gasteiger partial charge in [0.2, 0.25) is 5.69 Å². The summed E-state index contributed by atoms with van der Waals surface area (Å²) < 4.78 is 2.26. The number of hydrogen-bond acceptors (Lipinski definition) is 0. The van der Waals surface area contributed by atoms with Gasteiger partial charge in [0.1, 0.15) is 7.05 Å². The van der Waals surface area contributed by atoms with E-state index in [1.807, 2.05) is 0 Å². The number of unbranched alkanes of at least 4 members (excludes halogenated alkanes) is 1. The summed E-state index contributed by atoms with van der Waals surface area (Å²) in [5, 5.41) is 0. The van der Waals surface area contributed by atoms with Crippen LogP contribution in [-0.4, -0.2) is 0 Å². The van der Waals surface area contributed by atoms with Crippen LogP contribution in [0.15, 0.2) is 42.6 Å². The molecule has 1 heteroatoms. The molecule has 2 aromatic rings. The summed E-state index contributed by atoms with van der Waals surface area (Å²) in [5.74, 6) is 0. The van der Waals surface area contributed by atoms with Crippen LogP contribution >= 0.6 is 0 Å². The Balaban J connectivity index is 2.54. The van der Waals surface area contributed by atoms with Crippen molar-refractivity contribution in [1.29, 1.82) is 0 Å². The van der Waals surface area contributed by atoms with Crippen molar-refractivity contribution in [3.8, 4) is 11.3 Å². The molecule has 0 atom stereocenters. The Labute approximate surface area is 142 Å². The summed E-state index contributed by atoms with van der Waals surface area (Å²) in [6, 6.07) is 13.6. The SMILES string of the molecule is CCCCc1cc[n+](C)c(-c2ccccc2C(C)(CC)CC)c1. The monoisotopic (exact) mass is 310 g/mol. The highest BCUT2D eigenvalue weighted by molar-refractivity contribution is 5.63. The third-order valence-corrected chi connectivity index (χ3v) is 5.45. The van der Waals surface area contributed by atoms with Gasteiger partial charge in [0.25, 0.3) is 0 Å². The quantitative estimate of drug-likeness (QED) is 0.586. The molecular weight excluding hydrogens is 278 g/mol. The first-order chi connectivity index (χ1) is 11.1. The molecule has 23 heavy (non-hydrogen) atoms. The van der Waals surface area contributed by atoms with Gasteiger partial charge in [-0.25, -0.2) is 4.57 Å². The predicted molar refractivity (Wildman–Crippen MR) is 99.6 cm³/mol. The van der Waals surface area contributed by atoms with Crippen molar-refractivity contribution in [3.05, 3.63) is 53.7 Å². The van der Waals surface area contributed by atoms with E-state index >= 15 is 0 Å². The fourth-order valence-electron chi connectivity index (χ4n) is 3.28. The van der Waals surface area contributed by atoms with Gasteiger partial charge < -0.3 is 0 Å². The molecule has 1 nitrogen and oxygen atoms in total. The largest absolute Gasteiger partial charge is 0.212 e. The zero-order chi connectivity index (χ0) is 16.9. The number of aromatic nitrogens is 1. The molecule has 0 unspecified atom stereocenters. The molecule has 0 aliphatic rings. The van der Waals surface area contributed by atoms with Gasteiger partial charge in [-0.05, 0) is 48.3 Å². The van der Waals surface area contributed by atoms with Crippen LogP contribution in [0.5, 0.6) is 0 Å². The summed E-state index contributed by atoms with van der Waals surface area (Å²) >= 11 is 0. The second-order valence-electron chi connectivity index (χ2n) is 6.95. The summed E-state index contributed by atoms with van der Waals surface area (Å²) in [5.41, 5.74) is 5.89. The molecule has 1 heterocycles. The second-order valence-corrected chi connectivity index (χ2v) is 6.95. The Bertz CT molecular complexity index is 638. The van der Waals surface area contributed by atoms with Crippen LogP contribution in [0.2, 0.25) is 0 Å². The van der Waals surface area contributed by atoms with Gasteiger partial charge in [-0.3, -0.25) is 0 Å². The van der Waals surface area contributed by atoms with E-state index in [9.17, 15) is 0 Å². The van der Waals surface area contributed by atoms with Crippen LogP contribution in [0.3, 0.4) is 0 Å². The number of hydrogen-bond donors (Lipinski definition) is 0. The van der Waals surface area contributed by atoms with Crippen LogP contribution in [0.25, 0.3) is 11.3 Å². The Kier molecular flexibility index (Phi) is 5.98. The number of pyridine rings is 1. The highest BCUT2D eigenvalue weighted by atomic mass is 14.9. The maximum absolute atomic E-state index is 2.40. The predicted octanol–water partition coefficient (Wildman–Crippen LogP) is 5.60. The summed E-state index contributed by atoms with van der Waals surface area (Å²) in [6.45, 7) is 9.26. The van der Waals surface area contributed by atoms with Crippen LogP contribution in [0, 0.1) is 0 Å². The van der Waals surface area contributed by atoms with E-state index in [0.29, 0.717) is 0 Å². The second kappa shape index (κ2) is 7.77. The first-order valence-corrected chi connectivity index (χ1v) is 9.14. The van der Waals surface area contributed by atoms with Crippen molar-refractivity contribution in [1.82, 2.24) is 0 Å². The van der Waals surface area contributed by atoms with Crippen molar-refractivity contribution in [2.45, 2.75) is 65.2 Å². The molecule has 0 amide bonds. The lowest BCUT2D eigenvalue weighted by atomic mass is 9.75. The van der Waals surface area contributed by atoms with E-state index < -0.39 is 0 Å². The molecule has 2 rings (SSSR count). The van der Waals surface area contributed by atoms with Gasteiger partial charge in [-0.15, -0.1) is 0 Å². The maximum atomic E-state index is 2.40. The van der Waals surface area contributed by atoms with Crippen LogP contribution in [0.1, 0.15) is 64.5 Å². The molecule has 0 N–H and O–H groups in total. The number of benzene rings is 1. The van der Waals surface area contributed by atoms with Crippen LogP contribution < -0.4 is 4.57 Å². The molecule has 124 valence electrons. The molecule has 0 saturated carbocycles. The van der Waals surface area contributed by atoms with Crippen molar-refractivity contribution in [2.75, 3.05) is 0 Å². The first kappa shape index (κ1) is 17.7. The van der Waals surface area contributed by atoms with Crippen molar-refractivity contribution in [2.24, 2.45) is 7.05 Å². The molecule has 0 fully saturated rings. The van der Waals surface area contributed by atoms with E-state index in [2.05, 4.69) is 81.9 Å². The lowest BCUT2D eigenvalue weighted by molar-refractivity contribution is -0.660. The van der Waals surface area contributed by atoms with Gasteiger partial charge in [0, 0.05) is 17.7 Å². The molecule has 0 spiro atoms. The number of aryl methyl sites for hydroxylation is 2. The van der Waals surface area contributed by atoms with Crippen molar-refractivity contribution < 1.29 is 4.57 Å². The van der Waals surface area contributed by atoms with Gasteiger partial charge in [0.05, 0.1) is 0 Å². The lowest BCUT2D eigenvalue weighted by Gasteiger charge is -2.29. The molecule has 0 radical (unpaired) electrons. The standard InChI is InChI=1S/C22H32N/c1-6-9-12-18-15-16-23(5)21(17-18)19-13-10-11-14-20(19)22(4,7-2)8-3/h10-11,13-17H,6-9,12H2,1-5H3/q+1. The third kappa shape index (κ3) is 3.83. The smallest absolute Gasteiger partial charge is 0.201 e. The fraction of sp³-hybridized carbons (Fsp3) is 0.500. The van der Waals surface area contributed by atoms with Gasteiger partial charge in [-0.2, -0.15) is 0 Å². The van der Waals surface area contributed by atoms with Crippen LogP contribution in [-0.2, 0) is 18.9 Å². The molecule has 0 bridgehead atoms. The average molecular weight is 311 g/mol.